The van der Waals surface area contributed by atoms with Gasteiger partial charge in [0.05, 0.1) is 5.69 Å². The number of amides is 1. The van der Waals surface area contributed by atoms with Crippen molar-refractivity contribution in [3.8, 4) is 5.69 Å². The van der Waals surface area contributed by atoms with E-state index in [-0.39, 0.29) is 11.8 Å². The molecule has 7 nitrogen and oxygen atoms in total. The second-order valence-electron chi connectivity index (χ2n) is 5.45. The minimum absolute atomic E-state index is 0.00217. The molecule has 1 amide bonds. The molecule has 1 aromatic heterocycles. The minimum Gasteiger partial charge on any atom is -0.326 e. The molecule has 0 bridgehead atoms. The van der Waals surface area contributed by atoms with Crippen LogP contribution in [-0.2, 0) is 4.79 Å². The third-order valence-corrected chi connectivity index (χ3v) is 4.03. The summed E-state index contributed by atoms with van der Waals surface area (Å²) >= 11 is 0. The van der Waals surface area contributed by atoms with Crippen LogP contribution in [0, 0.1) is 18.8 Å². The number of nitrogens with one attached hydrogen (secondary N) is 2. The summed E-state index contributed by atoms with van der Waals surface area (Å²) in [6.07, 6.45) is 1.53. The first-order chi connectivity index (χ1) is 10.1. The highest BCUT2D eigenvalue weighted by molar-refractivity contribution is 5.93. The van der Waals surface area contributed by atoms with Gasteiger partial charge in [0.15, 0.2) is 0 Å². The molecule has 2 N–H and O–H groups in total. The normalized spacial score (nSPS) is 16.3. The second kappa shape index (κ2) is 5.61. The number of anilines is 1. The van der Waals surface area contributed by atoms with Gasteiger partial charge < -0.3 is 10.6 Å². The van der Waals surface area contributed by atoms with Crippen molar-refractivity contribution >= 4 is 11.6 Å². The van der Waals surface area contributed by atoms with Crippen molar-refractivity contribution in [1.29, 1.82) is 0 Å². The quantitative estimate of drug-likeness (QED) is 0.867. The summed E-state index contributed by atoms with van der Waals surface area (Å²) in [5, 5.41) is 17.3. The van der Waals surface area contributed by atoms with Crippen molar-refractivity contribution in [3.63, 3.8) is 0 Å². The Morgan fingerprint density at radius 3 is 2.90 bits per heavy atom. The summed E-state index contributed by atoms with van der Waals surface area (Å²) in [5.74, 6) is 0.480. The van der Waals surface area contributed by atoms with Crippen LogP contribution in [-0.4, -0.2) is 39.2 Å². The molecule has 110 valence electrons. The van der Waals surface area contributed by atoms with Crippen LogP contribution < -0.4 is 10.6 Å². The van der Waals surface area contributed by atoms with Crippen LogP contribution in [0.4, 0.5) is 5.69 Å². The first-order valence-corrected chi connectivity index (χ1v) is 7.01. The maximum absolute atomic E-state index is 12.3. The lowest BCUT2D eigenvalue weighted by atomic mass is 9.88. The zero-order valence-corrected chi connectivity index (χ0v) is 12.1. The Balaban J connectivity index is 1.78. The van der Waals surface area contributed by atoms with Crippen molar-refractivity contribution in [3.05, 3.63) is 30.1 Å². The van der Waals surface area contributed by atoms with Gasteiger partial charge in [0, 0.05) is 11.6 Å². The molecule has 0 saturated carbocycles. The number of rotatable bonds is 4. The molecule has 2 heterocycles. The third kappa shape index (κ3) is 2.78. The topological polar surface area (TPSA) is 84.7 Å². The molecule has 1 aliphatic heterocycles. The van der Waals surface area contributed by atoms with Crippen molar-refractivity contribution in [1.82, 2.24) is 25.5 Å². The van der Waals surface area contributed by atoms with Crippen molar-refractivity contribution in [2.75, 3.05) is 18.4 Å². The van der Waals surface area contributed by atoms with Crippen LogP contribution in [0.25, 0.3) is 5.69 Å². The first kappa shape index (κ1) is 13.7. The van der Waals surface area contributed by atoms with E-state index in [1.54, 1.807) is 4.68 Å². The van der Waals surface area contributed by atoms with E-state index in [0.29, 0.717) is 5.92 Å². The molecular weight excluding hydrogens is 268 g/mol. The number of carbonyl (C=O) groups is 1. The SMILES string of the molecule is Cc1ccc(-n2cnnn2)cc1NC(=O)C(C)C1CNC1. The number of tetrazole rings is 1. The molecule has 2 aromatic rings. The number of hydrogen-bond donors (Lipinski definition) is 2. The lowest BCUT2D eigenvalue weighted by molar-refractivity contribution is -0.121. The summed E-state index contributed by atoms with van der Waals surface area (Å²) in [6.45, 7) is 5.77. The number of aryl methyl sites for hydroxylation is 1. The number of nitrogens with zero attached hydrogens (tertiary/aromatic N) is 4. The Labute approximate surface area is 122 Å². The molecule has 1 saturated heterocycles. The van der Waals surface area contributed by atoms with Gasteiger partial charge in [-0.05, 0) is 54.1 Å². The van der Waals surface area contributed by atoms with Gasteiger partial charge in [0.2, 0.25) is 5.91 Å². The highest BCUT2D eigenvalue weighted by Crippen LogP contribution is 2.22. The Kier molecular flexibility index (Phi) is 3.66. The van der Waals surface area contributed by atoms with Crippen LogP contribution in [0.1, 0.15) is 12.5 Å². The molecular formula is C14H18N6O. The van der Waals surface area contributed by atoms with Gasteiger partial charge in [-0.3, -0.25) is 4.79 Å². The zero-order chi connectivity index (χ0) is 14.8. The number of benzene rings is 1. The fraction of sp³-hybridized carbons (Fsp3) is 0.429. The Hall–Kier alpha value is -2.28. The van der Waals surface area contributed by atoms with E-state index in [1.807, 2.05) is 32.0 Å². The van der Waals surface area contributed by atoms with E-state index in [1.165, 1.54) is 6.33 Å². The highest BCUT2D eigenvalue weighted by atomic mass is 16.1. The van der Waals surface area contributed by atoms with E-state index >= 15 is 0 Å². The summed E-state index contributed by atoms with van der Waals surface area (Å²) in [7, 11) is 0. The molecule has 3 rings (SSSR count). The summed E-state index contributed by atoms with van der Waals surface area (Å²) in [4.78, 5) is 12.3. The number of aromatic nitrogens is 4. The van der Waals surface area contributed by atoms with Gasteiger partial charge in [0.25, 0.3) is 0 Å². The lowest BCUT2D eigenvalue weighted by Gasteiger charge is -2.31. The van der Waals surface area contributed by atoms with Gasteiger partial charge in [-0.25, -0.2) is 4.68 Å². The maximum atomic E-state index is 12.3. The Bertz CT molecular complexity index is 635. The average molecular weight is 286 g/mol. The molecule has 7 heteroatoms. The predicted molar refractivity (Wildman–Crippen MR) is 78.0 cm³/mol. The number of hydrogen-bond acceptors (Lipinski definition) is 5. The van der Waals surface area contributed by atoms with E-state index in [0.717, 1.165) is 30.0 Å². The second-order valence-corrected chi connectivity index (χ2v) is 5.45. The van der Waals surface area contributed by atoms with Gasteiger partial charge in [-0.1, -0.05) is 13.0 Å². The monoisotopic (exact) mass is 286 g/mol. The molecule has 0 radical (unpaired) electrons. The zero-order valence-electron chi connectivity index (χ0n) is 12.1. The smallest absolute Gasteiger partial charge is 0.227 e. The minimum atomic E-state index is 0.00217. The highest BCUT2D eigenvalue weighted by Gasteiger charge is 2.28. The molecule has 1 fully saturated rings. The van der Waals surface area contributed by atoms with E-state index in [4.69, 9.17) is 0 Å². The maximum Gasteiger partial charge on any atom is 0.227 e. The van der Waals surface area contributed by atoms with Gasteiger partial charge in [-0.2, -0.15) is 0 Å². The summed E-state index contributed by atoms with van der Waals surface area (Å²) in [6, 6.07) is 5.75. The molecule has 1 aliphatic rings. The fourth-order valence-corrected chi connectivity index (χ4v) is 2.29. The van der Waals surface area contributed by atoms with Crippen LogP contribution in [0.5, 0.6) is 0 Å². The standard InChI is InChI=1S/C14H18N6O/c1-9-3-4-12(20-8-16-18-19-20)5-13(9)17-14(21)10(2)11-6-15-7-11/h3-5,8,10-11,15H,6-7H2,1-2H3,(H,17,21). The van der Waals surface area contributed by atoms with Crippen LogP contribution in [0.15, 0.2) is 24.5 Å². The molecule has 1 atom stereocenters. The van der Waals surface area contributed by atoms with Gasteiger partial charge in [-0.15, -0.1) is 5.10 Å². The summed E-state index contributed by atoms with van der Waals surface area (Å²) < 4.78 is 1.56. The Morgan fingerprint density at radius 2 is 2.29 bits per heavy atom. The summed E-state index contributed by atoms with van der Waals surface area (Å²) in [5.41, 5.74) is 2.63. The van der Waals surface area contributed by atoms with Crippen LogP contribution >= 0.6 is 0 Å². The first-order valence-electron chi connectivity index (χ1n) is 7.01. The van der Waals surface area contributed by atoms with E-state index < -0.39 is 0 Å². The molecule has 1 unspecified atom stereocenters. The van der Waals surface area contributed by atoms with Crippen molar-refractivity contribution < 1.29 is 4.79 Å². The molecule has 0 spiro atoms. The van der Waals surface area contributed by atoms with E-state index in [2.05, 4.69) is 26.2 Å². The van der Waals surface area contributed by atoms with Gasteiger partial charge >= 0.3 is 0 Å². The van der Waals surface area contributed by atoms with Crippen molar-refractivity contribution in [2.24, 2.45) is 11.8 Å². The molecule has 0 aliphatic carbocycles. The Morgan fingerprint density at radius 1 is 1.48 bits per heavy atom. The largest absolute Gasteiger partial charge is 0.326 e. The third-order valence-electron chi connectivity index (χ3n) is 4.03. The molecule has 1 aromatic carbocycles. The van der Waals surface area contributed by atoms with Gasteiger partial charge in [0.1, 0.15) is 6.33 Å². The average Bonchev–Trinajstić information content (AvgIpc) is 2.93. The predicted octanol–water partition coefficient (Wildman–Crippen LogP) is 0.765. The van der Waals surface area contributed by atoms with Crippen LogP contribution in [0.3, 0.4) is 0 Å². The van der Waals surface area contributed by atoms with Crippen molar-refractivity contribution in [2.45, 2.75) is 13.8 Å². The van der Waals surface area contributed by atoms with E-state index in [9.17, 15) is 4.79 Å². The lowest BCUT2D eigenvalue weighted by Crippen LogP contribution is -2.48. The fourth-order valence-electron chi connectivity index (χ4n) is 2.29. The van der Waals surface area contributed by atoms with Crippen LogP contribution in [0.2, 0.25) is 0 Å². The number of carbonyl (C=O) groups excluding carboxylic acids is 1. The molecule has 21 heavy (non-hydrogen) atoms.